The van der Waals surface area contributed by atoms with E-state index in [4.69, 9.17) is 0 Å². The maximum absolute atomic E-state index is 13.2. The molecular weight excluding hydrogens is 239 g/mol. The first-order valence-corrected chi connectivity index (χ1v) is 6.45. The van der Waals surface area contributed by atoms with Gasteiger partial charge in [-0.15, -0.1) is 0 Å². The molecule has 0 bridgehead atoms. The molecule has 0 aromatic carbocycles. The Morgan fingerprint density at radius 2 is 1.06 bits per heavy atom. The maximum atomic E-state index is 13.2. The zero-order valence-corrected chi connectivity index (χ0v) is 9.63. The van der Waals surface area contributed by atoms with Gasteiger partial charge in [-0.2, -0.15) is 0 Å². The van der Waals surface area contributed by atoms with Crippen molar-refractivity contribution in [2.75, 3.05) is 0 Å². The number of aromatic nitrogens is 6. The third-order valence-electron chi connectivity index (χ3n) is 2.37. The lowest BCUT2D eigenvalue weighted by atomic mass is 11.0. The van der Waals surface area contributed by atoms with Crippen LogP contribution in [0.4, 0.5) is 0 Å². The van der Waals surface area contributed by atoms with Gasteiger partial charge in [0.2, 0.25) is 0 Å². The predicted octanol–water partition coefficient (Wildman–Crippen LogP) is 1.33. The fourth-order valence-electron chi connectivity index (χ4n) is 1.58. The number of rotatable bonds is 3. The quantitative estimate of drug-likeness (QED) is 0.655. The van der Waals surface area contributed by atoms with Crippen LogP contribution in [0.15, 0.2) is 56.2 Å². The van der Waals surface area contributed by atoms with Crippen LogP contribution in [0.25, 0.3) is 0 Å². The van der Waals surface area contributed by atoms with Crippen molar-refractivity contribution in [1.29, 1.82) is 0 Å². The van der Waals surface area contributed by atoms with Gasteiger partial charge in [-0.05, 0) is 0 Å². The van der Waals surface area contributed by atoms with Gasteiger partial charge in [0.15, 0.2) is 0 Å². The van der Waals surface area contributed by atoms with Gasteiger partial charge in [0.05, 0.1) is 0 Å². The minimum Gasteiger partial charge on any atom is -0.254 e. The van der Waals surface area contributed by atoms with E-state index in [0.29, 0.717) is 0 Å². The first kappa shape index (κ1) is 10.0. The van der Waals surface area contributed by atoms with E-state index >= 15 is 0 Å². The second-order valence-electron chi connectivity index (χ2n) is 3.34. The Labute approximate surface area is 96.9 Å². The van der Waals surface area contributed by atoms with E-state index in [-0.39, 0.29) is 0 Å². The largest absolute Gasteiger partial charge is 0.374 e. The third kappa shape index (κ3) is 1.43. The zero-order valence-electron chi connectivity index (χ0n) is 8.73. The molecule has 3 aromatic rings. The maximum Gasteiger partial charge on any atom is 0.374 e. The molecule has 0 aliphatic carbocycles. The molecule has 0 amide bonds. The number of imidazole rings is 3. The van der Waals surface area contributed by atoms with Crippen LogP contribution in [-0.2, 0) is 4.57 Å². The summed E-state index contributed by atoms with van der Waals surface area (Å²) in [5, 5.41) is 0. The topological polar surface area (TPSA) is 70.5 Å². The van der Waals surface area contributed by atoms with Crippen LogP contribution in [-0.4, -0.2) is 28.0 Å². The van der Waals surface area contributed by atoms with Crippen molar-refractivity contribution in [3.8, 4) is 0 Å². The molecule has 0 saturated carbocycles. The summed E-state index contributed by atoms with van der Waals surface area (Å²) in [6, 6.07) is 0. The summed E-state index contributed by atoms with van der Waals surface area (Å²) in [7, 11) is -3.07. The minimum absolute atomic E-state index is 1.51. The zero-order chi connectivity index (χ0) is 11.7. The Kier molecular flexibility index (Phi) is 2.19. The van der Waals surface area contributed by atoms with Crippen molar-refractivity contribution in [2.24, 2.45) is 0 Å². The average molecular weight is 248 g/mol. The molecule has 0 aliphatic heterocycles. The van der Waals surface area contributed by atoms with E-state index < -0.39 is 7.59 Å². The van der Waals surface area contributed by atoms with Crippen LogP contribution in [0.5, 0.6) is 0 Å². The molecule has 3 heterocycles. The lowest BCUT2D eigenvalue weighted by molar-refractivity contribution is 0.552. The second kappa shape index (κ2) is 3.71. The Balaban J connectivity index is 2.26. The molecule has 0 atom stereocenters. The average Bonchev–Trinajstić information content (AvgIpc) is 3.10. The van der Waals surface area contributed by atoms with Gasteiger partial charge in [-0.3, -0.25) is 13.0 Å². The SMILES string of the molecule is O=P(n1ccnc1)(n1ccnc1)n1ccnc1. The van der Waals surface area contributed by atoms with Crippen LogP contribution in [0.1, 0.15) is 0 Å². The fraction of sp³-hybridized carbons (Fsp3) is 0. The molecule has 0 aliphatic rings. The summed E-state index contributed by atoms with van der Waals surface area (Å²) in [6.45, 7) is 0. The molecule has 0 N–H and O–H groups in total. The molecule has 0 spiro atoms. The molecule has 8 heteroatoms. The smallest absolute Gasteiger partial charge is 0.254 e. The van der Waals surface area contributed by atoms with E-state index in [9.17, 15) is 4.57 Å². The van der Waals surface area contributed by atoms with Gasteiger partial charge in [0.1, 0.15) is 19.0 Å². The number of nitrogens with zero attached hydrogens (tertiary/aromatic N) is 6. The molecule has 7 nitrogen and oxygen atoms in total. The monoisotopic (exact) mass is 248 g/mol. The summed E-state index contributed by atoms with van der Waals surface area (Å²) in [4.78, 5) is 11.8. The molecule has 86 valence electrons. The van der Waals surface area contributed by atoms with Crippen molar-refractivity contribution in [2.45, 2.75) is 0 Å². The minimum atomic E-state index is -3.07. The summed E-state index contributed by atoms with van der Waals surface area (Å²) in [5.41, 5.74) is 0. The Morgan fingerprint density at radius 1 is 0.706 bits per heavy atom. The summed E-state index contributed by atoms with van der Waals surface area (Å²) < 4.78 is 17.8. The molecule has 0 saturated heterocycles. The van der Waals surface area contributed by atoms with Crippen LogP contribution in [0.3, 0.4) is 0 Å². The van der Waals surface area contributed by atoms with Gasteiger partial charge < -0.3 is 0 Å². The van der Waals surface area contributed by atoms with Crippen molar-refractivity contribution < 1.29 is 4.57 Å². The van der Waals surface area contributed by atoms with E-state index in [1.807, 2.05) is 0 Å². The van der Waals surface area contributed by atoms with Crippen LogP contribution in [0, 0.1) is 0 Å². The Bertz CT molecular complexity index is 536. The molecule has 0 radical (unpaired) electrons. The Morgan fingerprint density at radius 3 is 1.29 bits per heavy atom. The molecule has 17 heavy (non-hydrogen) atoms. The standard InChI is InChI=1S/C9H9N6OP/c16-17(13-4-1-10-7-13,14-5-2-11-8-14)15-6-3-12-9-15/h1-9H. The van der Waals surface area contributed by atoms with Gasteiger partial charge in [0, 0.05) is 37.2 Å². The lowest BCUT2D eigenvalue weighted by Gasteiger charge is -2.20. The molecule has 3 rings (SSSR count). The van der Waals surface area contributed by atoms with Crippen molar-refractivity contribution >= 4 is 7.59 Å². The van der Waals surface area contributed by atoms with Crippen LogP contribution < -0.4 is 0 Å². The molecular formula is C9H9N6OP. The highest BCUT2D eigenvalue weighted by molar-refractivity contribution is 7.59. The van der Waals surface area contributed by atoms with Crippen LogP contribution >= 0.6 is 7.59 Å². The normalized spacial score (nSPS) is 11.8. The third-order valence-corrected chi connectivity index (χ3v) is 4.89. The second-order valence-corrected chi connectivity index (χ2v) is 5.75. The fourth-order valence-corrected chi connectivity index (χ4v) is 3.57. The summed E-state index contributed by atoms with van der Waals surface area (Å²) in [5.74, 6) is 0. The van der Waals surface area contributed by atoms with Crippen molar-refractivity contribution in [1.82, 2.24) is 28.0 Å². The van der Waals surface area contributed by atoms with E-state index in [1.54, 1.807) is 50.2 Å². The first-order chi connectivity index (χ1) is 8.32. The van der Waals surface area contributed by atoms with Crippen LogP contribution in [0.2, 0.25) is 0 Å². The van der Waals surface area contributed by atoms with Gasteiger partial charge in [-0.1, -0.05) is 0 Å². The highest BCUT2D eigenvalue weighted by Gasteiger charge is 2.28. The molecule has 0 unspecified atom stereocenters. The van der Waals surface area contributed by atoms with Gasteiger partial charge >= 0.3 is 7.59 Å². The van der Waals surface area contributed by atoms with Gasteiger partial charge in [-0.25, -0.2) is 19.5 Å². The van der Waals surface area contributed by atoms with E-state index in [0.717, 1.165) is 0 Å². The summed E-state index contributed by atoms with van der Waals surface area (Å²) in [6.07, 6.45) is 14.3. The van der Waals surface area contributed by atoms with E-state index in [1.165, 1.54) is 19.0 Å². The molecule has 3 aromatic heterocycles. The Hall–Kier alpha value is -2.14. The first-order valence-electron chi connectivity index (χ1n) is 4.88. The summed E-state index contributed by atoms with van der Waals surface area (Å²) >= 11 is 0. The van der Waals surface area contributed by atoms with Crippen molar-refractivity contribution in [3.63, 3.8) is 0 Å². The molecule has 0 fully saturated rings. The number of hydrogen-bond acceptors (Lipinski definition) is 4. The van der Waals surface area contributed by atoms with Crippen molar-refractivity contribution in [3.05, 3.63) is 56.2 Å². The highest BCUT2D eigenvalue weighted by Crippen LogP contribution is 2.48. The highest BCUT2D eigenvalue weighted by atomic mass is 31.2. The van der Waals surface area contributed by atoms with E-state index in [2.05, 4.69) is 15.0 Å². The lowest BCUT2D eigenvalue weighted by Crippen LogP contribution is -2.09. The number of hydrogen-bond donors (Lipinski definition) is 0. The predicted molar refractivity (Wildman–Crippen MR) is 60.5 cm³/mol. The van der Waals surface area contributed by atoms with Gasteiger partial charge in [0.25, 0.3) is 0 Å².